The Bertz CT molecular complexity index is 607. The van der Waals surface area contributed by atoms with Gasteiger partial charge in [-0.2, -0.15) is 8.78 Å². The molecule has 0 bridgehead atoms. The number of aromatic nitrogens is 1. The summed E-state index contributed by atoms with van der Waals surface area (Å²) in [7, 11) is 0. The SMILES string of the molecule is Cc1ncc(C(C)NCC(O)c2cccc(OC(F)F)c2)s1. The van der Waals surface area contributed by atoms with Gasteiger partial charge in [0.1, 0.15) is 5.75 Å². The quantitative estimate of drug-likeness (QED) is 0.817. The number of ether oxygens (including phenoxy) is 1. The number of halogens is 2. The van der Waals surface area contributed by atoms with Crippen LogP contribution in [0.1, 0.15) is 34.5 Å². The molecular weight excluding hydrogens is 310 g/mol. The van der Waals surface area contributed by atoms with E-state index in [1.165, 1.54) is 12.1 Å². The summed E-state index contributed by atoms with van der Waals surface area (Å²) in [5, 5.41) is 14.4. The highest BCUT2D eigenvalue weighted by Gasteiger charge is 2.13. The van der Waals surface area contributed by atoms with Gasteiger partial charge in [0.25, 0.3) is 0 Å². The molecule has 0 radical (unpaired) electrons. The molecule has 2 aromatic rings. The second kappa shape index (κ2) is 7.62. The molecule has 1 aromatic heterocycles. The zero-order valence-corrected chi connectivity index (χ0v) is 13.1. The molecule has 0 fully saturated rings. The van der Waals surface area contributed by atoms with Crippen LogP contribution in [0.25, 0.3) is 0 Å². The summed E-state index contributed by atoms with van der Waals surface area (Å²) >= 11 is 1.59. The van der Waals surface area contributed by atoms with Crippen LogP contribution in [-0.4, -0.2) is 23.2 Å². The summed E-state index contributed by atoms with van der Waals surface area (Å²) in [5.41, 5.74) is 0.526. The molecule has 120 valence electrons. The number of hydrogen-bond acceptors (Lipinski definition) is 5. The predicted octanol–water partition coefficient (Wildman–Crippen LogP) is 3.44. The fourth-order valence-electron chi connectivity index (χ4n) is 1.98. The number of aryl methyl sites for hydroxylation is 1. The molecule has 2 atom stereocenters. The van der Waals surface area contributed by atoms with E-state index in [1.54, 1.807) is 29.7 Å². The van der Waals surface area contributed by atoms with Gasteiger partial charge in [-0.3, -0.25) is 0 Å². The molecule has 4 nitrogen and oxygen atoms in total. The Kier molecular flexibility index (Phi) is 5.82. The third kappa shape index (κ3) is 4.72. The van der Waals surface area contributed by atoms with Crippen molar-refractivity contribution in [2.45, 2.75) is 32.6 Å². The van der Waals surface area contributed by atoms with Crippen LogP contribution in [0.4, 0.5) is 8.78 Å². The van der Waals surface area contributed by atoms with E-state index in [9.17, 15) is 13.9 Å². The Morgan fingerprint density at radius 2 is 2.18 bits per heavy atom. The number of aliphatic hydroxyl groups excluding tert-OH is 1. The van der Waals surface area contributed by atoms with Crippen molar-refractivity contribution >= 4 is 11.3 Å². The van der Waals surface area contributed by atoms with Gasteiger partial charge in [-0.15, -0.1) is 11.3 Å². The van der Waals surface area contributed by atoms with Crippen LogP contribution in [0.5, 0.6) is 5.75 Å². The molecule has 0 saturated carbocycles. The molecule has 0 spiro atoms. The maximum absolute atomic E-state index is 12.2. The Morgan fingerprint density at radius 1 is 1.41 bits per heavy atom. The first-order chi connectivity index (χ1) is 10.5. The lowest BCUT2D eigenvalue weighted by Crippen LogP contribution is -2.24. The van der Waals surface area contributed by atoms with E-state index in [0.29, 0.717) is 12.1 Å². The minimum absolute atomic E-state index is 0.0395. The number of benzene rings is 1. The van der Waals surface area contributed by atoms with E-state index in [2.05, 4.69) is 15.0 Å². The molecule has 1 aromatic carbocycles. The van der Waals surface area contributed by atoms with Crippen LogP contribution >= 0.6 is 11.3 Å². The van der Waals surface area contributed by atoms with Gasteiger partial charge in [0, 0.05) is 23.7 Å². The highest BCUT2D eigenvalue weighted by molar-refractivity contribution is 7.11. The van der Waals surface area contributed by atoms with E-state index >= 15 is 0 Å². The van der Waals surface area contributed by atoms with Crippen molar-refractivity contribution < 1.29 is 18.6 Å². The first kappa shape index (κ1) is 16.8. The standard InChI is InChI=1S/C15H18F2N2O2S/c1-9(14-8-19-10(2)22-14)18-7-13(20)11-4-3-5-12(6-11)21-15(16)17/h3-6,8-9,13,15,18,20H,7H2,1-2H3. The van der Waals surface area contributed by atoms with Crippen molar-refractivity contribution in [3.63, 3.8) is 0 Å². The Morgan fingerprint density at radius 3 is 2.82 bits per heavy atom. The molecule has 0 aliphatic heterocycles. The molecule has 2 unspecified atom stereocenters. The van der Waals surface area contributed by atoms with Crippen molar-refractivity contribution in [1.82, 2.24) is 10.3 Å². The number of hydrogen-bond donors (Lipinski definition) is 2. The highest BCUT2D eigenvalue weighted by atomic mass is 32.1. The molecule has 0 saturated heterocycles. The smallest absolute Gasteiger partial charge is 0.387 e. The molecule has 2 rings (SSSR count). The lowest BCUT2D eigenvalue weighted by Gasteiger charge is -2.17. The average Bonchev–Trinajstić information content (AvgIpc) is 2.90. The van der Waals surface area contributed by atoms with E-state index in [-0.39, 0.29) is 11.8 Å². The Balaban J connectivity index is 1.93. The third-order valence-electron chi connectivity index (χ3n) is 3.15. The first-order valence-corrected chi connectivity index (χ1v) is 7.66. The number of thiazole rings is 1. The van der Waals surface area contributed by atoms with Crippen molar-refractivity contribution in [2.75, 3.05) is 6.54 Å². The van der Waals surface area contributed by atoms with Crippen molar-refractivity contribution in [3.8, 4) is 5.75 Å². The summed E-state index contributed by atoms with van der Waals surface area (Å²) in [6.07, 6.45) is 0.999. The van der Waals surface area contributed by atoms with Gasteiger partial charge >= 0.3 is 6.61 Å². The van der Waals surface area contributed by atoms with Gasteiger partial charge < -0.3 is 15.2 Å². The first-order valence-electron chi connectivity index (χ1n) is 6.84. The molecule has 0 aliphatic rings. The minimum atomic E-state index is -2.87. The largest absolute Gasteiger partial charge is 0.435 e. The van der Waals surface area contributed by atoms with Gasteiger partial charge in [0.05, 0.1) is 11.1 Å². The topological polar surface area (TPSA) is 54.4 Å². The fourth-order valence-corrected chi connectivity index (χ4v) is 2.79. The molecule has 7 heteroatoms. The molecule has 0 amide bonds. The summed E-state index contributed by atoms with van der Waals surface area (Å²) in [5.74, 6) is 0.0395. The van der Waals surface area contributed by atoms with Gasteiger partial charge in [-0.1, -0.05) is 12.1 Å². The minimum Gasteiger partial charge on any atom is -0.435 e. The maximum atomic E-state index is 12.2. The summed E-state index contributed by atoms with van der Waals surface area (Å²) in [6.45, 7) is 1.34. The second-order valence-corrected chi connectivity index (χ2v) is 6.14. The summed E-state index contributed by atoms with van der Waals surface area (Å²) in [4.78, 5) is 5.27. The van der Waals surface area contributed by atoms with Crippen LogP contribution < -0.4 is 10.1 Å². The van der Waals surface area contributed by atoms with Crippen molar-refractivity contribution in [3.05, 3.63) is 45.9 Å². The lowest BCUT2D eigenvalue weighted by atomic mass is 10.1. The predicted molar refractivity (Wildman–Crippen MR) is 81.3 cm³/mol. The molecule has 1 heterocycles. The summed E-state index contributed by atoms with van der Waals surface area (Å²) in [6, 6.07) is 6.15. The lowest BCUT2D eigenvalue weighted by molar-refractivity contribution is -0.0499. The fraction of sp³-hybridized carbons (Fsp3) is 0.400. The number of nitrogens with zero attached hydrogens (tertiary/aromatic N) is 1. The van der Waals surface area contributed by atoms with Crippen LogP contribution in [0.2, 0.25) is 0 Å². The number of rotatable bonds is 7. The Hall–Kier alpha value is -1.57. The second-order valence-electron chi connectivity index (χ2n) is 4.88. The van der Waals surface area contributed by atoms with E-state index in [0.717, 1.165) is 9.88 Å². The van der Waals surface area contributed by atoms with Crippen LogP contribution in [0.15, 0.2) is 30.5 Å². The normalized spacial score (nSPS) is 14.1. The molecular formula is C15H18F2N2O2S. The number of aliphatic hydroxyl groups is 1. The molecule has 22 heavy (non-hydrogen) atoms. The van der Waals surface area contributed by atoms with Crippen molar-refractivity contribution in [1.29, 1.82) is 0 Å². The van der Waals surface area contributed by atoms with Gasteiger partial charge in [-0.25, -0.2) is 4.98 Å². The number of nitrogens with one attached hydrogen (secondary N) is 1. The zero-order chi connectivity index (χ0) is 16.1. The van der Waals surface area contributed by atoms with Gasteiger partial charge in [0.15, 0.2) is 0 Å². The van der Waals surface area contributed by atoms with Crippen LogP contribution in [-0.2, 0) is 0 Å². The summed E-state index contributed by atoms with van der Waals surface area (Å²) < 4.78 is 28.7. The number of alkyl halides is 2. The van der Waals surface area contributed by atoms with Gasteiger partial charge in [-0.05, 0) is 31.5 Å². The van der Waals surface area contributed by atoms with Crippen LogP contribution in [0, 0.1) is 6.92 Å². The monoisotopic (exact) mass is 328 g/mol. The zero-order valence-electron chi connectivity index (χ0n) is 12.3. The van der Waals surface area contributed by atoms with Crippen molar-refractivity contribution in [2.24, 2.45) is 0 Å². The Labute approximate surface area is 131 Å². The van der Waals surface area contributed by atoms with Crippen LogP contribution in [0.3, 0.4) is 0 Å². The third-order valence-corrected chi connectivity index (χ3v) is 4.25. The molecule has 2 N–H and O–H groups in total. The maximum Gasteiger partial charge on any atom is 0.387 e. The highest BCUT2D eigenvalue weighted by Crippen LogP contribution is 2.23. The van der Waals surface area contributed by atoms with E-state index in [4.69, 9.17) is 0 Å². The van der Waals surface area contributed by atoms with Gasteiger partial charge in [0.2, 0.25) is 0 Å². The van der Waals surface area contributed by atoms with E-state index in [1.807, 2.05) is 13.8 Å². The van der Waals surface area contributed by atoms with E-state index < -0.39 is 12.7 Å². The average molecular weight is 328 g/mol. The molecule has 0 aliphatic carbocycles.